The summed E-state index contributed by atoms with van der Waals surface area (Å²) in [4.78, 5) is 39.7. The summed E-state index contributed by atoms with van der Waals surface area (Å²) in [6.45, 7) is 7.50. The molecule has 0 aromatic heterocycles. The molecule has 32 heavy (non-hydrogen) atoms. The van der Waals surface area contributed by atoms with Gasteiger partial charge < -0.3 is 10.6 Å². The predicted molar refractivity (Wildman–Crippen MR) is 125 cm³/mol. The van der Waals surface area contributed by atoms with Crippen LogP contribution in [0.1, 0.15) is 38.8 Å². The molecule has 0 aliphatic carbocycles. The van der Waals surface area contributed by atoms with E-state index in [-0.39, 0.29) is 12.0 Å². The lowest BCUT2D eigenvalue weighted by molar-refractivity contribution is -0.133. The lowest BCUT2D eigenvalue weighted by atomic mass is 9.86. The molecular formula is C26H27N3O3. The van der Waals surface area contributed by atoms with E-state index in [0.717, 1.165) is 21.2 Å². The molecule has 6 heteroatoms. The molecule has 1 unspecified atom stereocenters. The van der Waals surface area contributed by atoms with Gasteiger partial charge >= 0.3 is 6.03 Å². The highest BCUT2D eigenvalue weighted by molar-refractivity contribution is 6.10. The number of nitrogens with one attached hydrogen (secondary N) is 2. The summed E-state index contributed by atoms with van der Waals surface area (Å²) in [5.41, 5.74) is 0.931. The Kier molecular flexibility index (Phi) is 5.25. The van der Waals surface area contributed by atoms with Gasteiger partial charge in [0, 0.05) is 5.69 Å². The zero-order valence-electron chi connectivity index (χ0n) is 18.7. The number of imide groups is 1. The molecule has 0 bridgehead atoms. The van der Waals surface area contributed by atoms with E-state index >= 15 is 0 Å². The van der Waals surface area contributed by atoms with Gasteiger partial charge in [0.15, 0.2) is 0 Å². The zero-order chi connectivity index (χ0) is 23.1. The van der Waals surface area contributed by atoms with Crippen LogP contribution in [-0.2, 0) is 20.5 Å². The van der Waals surface area contributed by atoms with Crippen molar-refractivity contribution in [3.63, 3.8) is 0 Å². The van der Waals surface area contributed by atoms with E-state index in [1.807, 2.05) is 66.7 Å². The first-order valence-corrected chi connectivity index (χ1v) is 10.6. The number of anilines is 1. The molecule has 4 rings (SSSR count). The largest absolute Gasteiger partial charge is 0.325 e. The summed E-state index contributed by atoms with van der Waals surface area (Å²) in [7, 11) is 0. The second-order valence-corrected chi connectivity index (χ2v) is 9.35. The maximum absolute atomic E-state index is 13.3. The summed E-state index contributed by atoms with van der Waals surface area (Å²) in [5, 5.41) is 7.66. The van der Waals surface area contributed by atoms with Crippen LogP contribution < -0.4 is 10.6 Å². The maximum Gasteiger partial charge on any atom is 0.325 e. The van der Waals surface area contributed by atoms with Gasteiger partial charge in [-0.15, -0.1) is 0 Å². The van der Waals surface area contributed by atoms with Gasteiger partial charge in [0.05, 0.1) is 0 Å². The van der Waals surface area contributed by atoms with Crippen molar-refractivity contribution < 1.29 is 14.4 Å². The van der Waals surface area contributed by atoms with Gasteiger partial charge in [-0.2, -0.15) is 0 Å². The number of nitrogens with zero attached hydrogens (tertiary/aromatic N) is 1. The van der Waals surface area contributed by atoms with E-state index in [1.165, 1.54) is 0 Å². The number of urea groups is 1. The fourth-order valence-electron chi connectivity index (χ4n) is 4.12. The fraction of sp³-hybridized carbons (Fsp3) is 0.269. The summed E-state index contributed by atoms with van der Waals surface area (Å²) in [5.74, 6) is -0.870. The monoisotopic (exact) mass is 429 g/mol. The van der Waals surface area contributed by atoms with Crippen LogP contribution in [0.5, 0.6) is 0 Å². The molecule has 164 valence electrons. The maximum atomic E-state index is 13.3. The van der Waals surface area contributed by atoms with Crippen LogP contribution in [0, 0.1) is 0 Å². The Hall–Kier alpha value is -3.67. The highest BCUT2D eigenvalue weighted by Crippen LogP contribution is 2.32. The smallest absolute Gasteiger partial charge is 0.324 e. The number of benzene rings is 3. The standard InChI is InChI=1S/C26H27N3O3/c1-25(2,3)20-11-7-8-12-21(20)27-22(30)16-29-23(31)26(4,28-24(29)32)19-14-13-17-9-5-6-10-18(17)15-19/h5-15H,16H2,1-4H3,(H,27,30)(H,28,32). The normalized spacial score (nSPS) is 18.7. The van der Waals surface area contributed by atoms with Gasteiger partial charge in [-0.25, -0.2) is 4.79 Å². The summed E-state index contributed by atoms with van der Waals surface area (Å²) >= 11 is 0. The molecule has 3 aromatic rings. The van der Waals surface area contributed by atoms with Gasteiger partial charge in [0.25, 0.3) is 5.91 Å². The number of amides is 4. The lowest BCUT2D eigenvalue weighted by Crippen LogP contribution is -2.42. The van der Waals surface area contributed by atoms with Crippen LogP contribution in [0.25, 0.3) is 10.8 Å². The summed E-state index contributed by atoms with van der Waals surface area (Å²) < 4.78 is 0. The number of hydrogen-bond acceptors (Lipinski definition) is 3. The third-order valence-corrected chi connectivity index (χ3v) is 5.91. The average Bonchev–Trinajstić information content (AvgIpc) is 2.97. The number of carbonyl (C=O) groups is 3. The molecule has 1 saturated heterocycles. The Morgan fingerprint density at radius 2 is 1.62 bits per heavy atom. The van der Waals surface area contributed by atoms with Crippen molar-refractivity contribution in [1.82, 2.24) is 10.2 Å². The van der Waals surface area contributed by atoms with Gasteiger partial charge in [-0.3, -0.25) is 14.5 Å². The van der Waals surface area contributed by atoms with Crippen LogP contribution >= 0.6 is 0 Å². The molecule has 6 nitrogen and oxygen atoms in total. The number of carbonyl (C=O) groups excluding carboxylic acids is 3. The second kappa shape index (κ2) is 7.79. The number of rotatable bonds is 4. The van der Waals surface area contributed by atoms with Gasteiger partial charge in [0.2, 0.25) is 5.91 Å². The zero-order valence-corrected chi connectivity index (χ0v) is 18.7. The Morgan fingerprint density at radius 3 is 2.34 bits per heavy atom. The third kappa shape index (κ3) is 3.84. The number of para-hydroxylation sites is 1. The summed E-state index contributed by atoms with van der Waals surface area (Å²) in [6, 6.07) is 20.4. The van der Waals surface area contributed by atoms with Crippen LogP contribution in [0.4, 0.5) is 10.5 Å². The van der Waals surface area contributed by atoms with Gasteiger partial charge in [-0.1, -0.05) is 75.4 Å². The lowest BCUT2D eigenvalue weighted by Gasteiger charge is -2.24. The summed E-state index contributed by atoms with van der Waals surface area (Å²) in [6.07, 6.45) is 0. The van der Waals surface area contributed by atoms with E-state index in [4.69, 9.17) is 0 Å². The molecule has 1 aliphatic rings. The van der Waals surface area contributed by atoms with E-state index in [0.29, 0.717) is 11.3 Å². The van der Waals surface area contributed by atoms with E-state index < -0.39 is 23.4 Å². The predicted octanol–water partition coefficient (Wildman–Crippen LogP) is 4.54. The molecule has 0 spiro atoms. The van der Waals surface area contributed by atoms with Crippen LogP contribution in [0.2, 0.25) is 0 Å². The van der Waals surface area contributed by atoms with Crippen molar-refractivity contribution in [2.75, 3.05) is 11.9 Å². The van der Waals surface area contributed by atoms with Crippen molar-refractivity contribution >= 4 is 34.3 Å². The van der Waals surface area contributed by atoms with Crippen molar-refractivity contribution in [3.05, 3.63) is 77.9 Å². The van der Waals surface area contributed by atoms with E-state index in [9.17, 15) is 14.4 Å². The van der Waals surface area contributed by atoms with E-state index in [1.54, 1.807) is 6.92 Å². The molecule has 1 atom stereocenters. The van der Waals surface area contributed by atoms with Crippen molar-refractivity contribution in [2.45, 2.75) is 38.6 Å². The van der Waals surface area contributed by atoms with Gasteiger partial charge in [0.1, 0.15) is 12.1 Å². The van der Waals surface area contributed by atoms with E-state index in [2.05, 4.69) is 31.4 Å². The first-order chi connectivity index (χ1) is 15.1. The van der Waals surface area contributed by atoms with Crippen molar-refractivity contribution in [3.8, 4) is 0 Å². The molecule has 0 saturated carbocycles. The Balaban J connectivity index is 1.55. The Morgan fingerprint density at radius 1 is 0.969 bits per heavy atom. The topological polar surface area (TPSA) is 78.5 Å². The highest BCUT2D eigenvalue weighted by atomic mass is 16.2. The highest BCUT2D eigenvalue weighted by Gasteiger charge is 2.49. The first kappa shape index (κ1) is 21.6. The minimum atomic E-state index is -1.23. The molecule has 1 heterocycles. The second-order valence-electron chi connectivity index (χ2n) is 9.35. The minimum absolute atomic E-state index is 0.167. The third-order valence-electron chi connectivity index (χ3n) is 5.91. The Bertz CT molecular complexity index is 1230. The molecular weight excluding hydrogens is 402 g/mol. The molecule has 0 radical (unpaired) electrons. The average molecular weight is 430 g/mol. The quantitative estimate of drug-likeness (QED) is 0.598. The minimum Gasteiger partial charge on any atom is -0.324 e. The molecule has 4 amide bonds. The fourth-order valence-corrected chi connectivity index (χ4v) is 4.12. The first-order valence-electron chi connectivity index (χ1n) is 10.6. The van der Waals surface area contributed by atoms with Crippen LogP contribution in [-0.4, -0.2) is 29.3 Å². The van der Waals surface area contributed by atoms with Gasteiger partial charge in [-0.05, 0) is 46.4 Å². The van der Waals surface area contributed by atoms with Crippen molar-refractivity contribution in [2.24, 2.45) is 0 Å². The van der Waals surface area contributed by atoms with Crippen LogP contribution in [0.15, 0.2) is 66.7 Å². The van der Waals surface area contributed by atoms with Crippen LogP contribution in [0.3, 0.4) is 0 Å². The van der Waals surface area contributed by atoms with Crippen molar-refractivity contribution in [1.29, 1.82) is 0 Å². The Labute approximate surface area is 187 Å². The molecule has 1 aliphatic heterocycles. The molecule has 3 aromatic carbocycles. The SMILES string of the molecule is CC(C)(C)c1ccccc1NC(=O)CN1C(=O)NC(C)(c2ccc3ccccc3c2)C1=O. The number of hydrogen-bond donors (Lipinski definition) is 2. The molecule has 2 N–H and O–H groups in total. The molecule has 1 fully saturated rings. The number of fused-ring (bicyclic) bond motifs is 1.